The summed E-state index contributed by atoms with van der Waals surface area (Å²) in [6, 6.07) is 11.2. The van der Waals surface area contributed by atoms with Gasteiger partial charge in [-0.25, -0.2) is 8.78 Å². The molecular formula is C16H17F2N. The maximum absolute atomic E-state index is 13.3. The standard InChI is InChI=1S/C16H17F2N/c1-3-15(12-5-4-6-13(17)10-12)19-16-8-7-14(18)9-11(16)2/h4-10,15,19H,3H2,1-2H3. The van der Waals surface area contributed by atoms with Gasteiger partial charge in [-0.1, -0.05) is 19.1 Å². The SMILES string of the molecule is CCC(Nc1ccc(F)cc1C)c1cccc(F)c1. The Kier molecular flexibility index (Phi) is 4.15. The minimum Gasteiger partial charge on any atom is -0.378 e. The molecule has 0 aliphatic rings. The number of nitrogens with one attached hydrogen (secondary N) is 1. The van der Waals surface area contributed by atoms with Crippen molar-refractivity contribution in [3.05, 3.63) is 65.2 Å². The highest BCUT2D eigenvalue weighted by Gasteiger charge is 2.11. The molecule has 0 aliphatic heterocycles. The molecule has 0 saturated carbocycles. The van der Waals surface area contributed by atoms with E-state index >= 15 is 0 Å². The van der Waals surface area contributed by atoms with Gasteiger partial charge < -0.3 is 5.32 Å². The molecule has 2 aromatic carbocycles. The Hall–Kier alpha value is -1.90. The van der Waals surface area contributed by atoms with E-state index in [9.17, 15) is 8.78 Å². The van der Waals surface area contributed by atoms with Gasteiger partial charge in [0, 0.05) is 5.69 Å². The maximum atomic E-state index is 13.3. The highest BCUT2D eigenvalue weighted by atomic mass is 19.1. The van der Waals surface area contributed by atoms with Gasteiger partial charge in [0.15, 0.2) is 0 Å². The molecule has 0 bridgehead atoms. The Morgan fingerprint density at radius 2 is 1.79 bits per heavy atom. The van der Waals surface area contributed by atoms with Crippen molar-refractivity contribution in [1.29, 1.82) is 0 Å². The molecule has 19 heavy (non-hydrogen) atoms. The third kappa shape index (κ3) is 3.31. The van der Waals surface area contributed by atoms with E-state index in [-0.39, 0.29) is 17.7 Å². The number of rotatable bonds is 4. The van der Waals surface area contributed by atoms with Crippen LogP contribution in [0.4, 0.5) is 14.5 Å². The van der Waals surface area contributed by atoms with Gasteiger partial charge in [0.25, 0.3) is 0 Å². The average molecular weight is 261 g/mol. The number of hydrogen-bond acceptors (Lipinski definition) is 1. The van der Waals surface area contributed by atoms with E-state index in [1.807, 2.05) is 19.9 Å². The molecule has 0 amide bonds. The summed E-state index contributed by atoms with van der Waals surface area (Å²) in [5.41, 5.74) is 2.61. The zero-order valence-corrected chi connectivity index (χ0v) is 11.1. The molecule has 0 aliphatic carbocycles. The Balaban J connectivity index is 2.24. The zero-order chi connectivity index (χ0) is 13.8. The van der Waals surface area contributed by atoms with Crippen molar-refractivity contribution in [1.82, 2.24) is 0 Å². The summed E-state index contributed by atoms with van der Waals surface area (Å²) in [6.07, 6.45) is 0.820. The molecule has 1 N–H and O–H groups in total. The van der Waals surface area contributed by atoms with Crippen molar-refractivity contribution < 1.29 is 8.78 Å². The summed E-state index contributed by atoms with van der Waals surface area (Å²) in [5.74, 6) is -0.490. The van der Waals surface area contributed by atoms with Crippen molar-refractivity contribution in [3.8, 4) is 0 Å². The Morgan fingerprint density at radius 1 is 1.05 bits per heavy atom. The number of anilines is 1. The van der Waals surface area contributed by atoms with Gasteiger partial charge in [0.05, 0.1) is 6.04 Å². The van der Waals surface area contributed by atoms with E-state index in [0.717, 1.165) is 23.2 Å². The number of benzene rings is 2. The smallest absolute Gasteiger partial charge is 0.123 e. The predicted octanol–water partition coefficient (Wildman–Crippen LogP) is 4.84. The van der Waals surface area contributed by atoms with Crippen LogP contribution in [0.1, 0.15) is 30.5 Å². The molecule has 2 rings (SSSR count). The molecule has 0 saturated heterocycles. The van der Waals surface area contributed by atoms with Gasteiger partial charge in [-0.2, -0.15) is 0 Å². The second kappa shape index (κ2) is 5.83. The highest BCUT2D eigenvalue weighted by molar-refractivity contribution is 5.52. The van der Waals surface area contributed by atoms with E-state index in [4.69, 9.17) is 0 Å². The van der Waals surface area contributed by atoms with Crippen LogP contribution >= 0.6 is 0 Å². The maximum Gasteiger partial charge on any atom is 0.123 e. The monoisotopic (exact) mass is 261 g/mol. The second-order valence-electron chi connectivity index (χ2n) is 4.62. The van der Waals surface area contributed by atoms with E-state index in [2.05, 4.69) is 5.32 Å². The van der Waals surface area contributed by atoms with Crippen molar-refractivity contribution in [2.45, 2.75) is 26.3 Å². The van der Waals surface area contributed by atoms with Crippen molar-refractivity contribution in [3.63, 3.8) is 0 Å². The first-order valence-corrected chi connectivity index (χ1v) is 6.38. The van der Waals surface area contributed by atoms with E-state index in [1.54, 1.807) is 12.1 Å². The van der Waals surface area contributed by atoms with Crippen molar-refractivity contribution in [2.24, 2.45) is 0 Å². The Labute approximate surface area is 112 Å². The fourth-order valence-corrected chi connectivity index (χ4v) is 2.12. The van der Waals surface area contributed by atoms with Crippen molar-refractivity contribution in [2.75, 3.05) is 5.32 Å². The fraction of sp³-hybridized carbons (Fsp3) is 0.250. The van der Waals surface area contributed by atoms with Crippen LogP contribution in [0.5, 0.6) is 0 Å². The van der Waals surface area contributed by atoms with Crippen LogP contribution in [-0.2, 0) is 0 Å². The van der Waals surface area contributed by atoms with Gasteiger partial charge >= 0.3 is 0 Å². The van der Waals surface area contributed by atoms with Crippen LogP contribution in [0.2, 0.25) is 0 Å². The summed E-state index contributed by atoms with van der Waals surface area (Å²) in [7, 11) is 0. The fourth-order valence-electron chi connectivity index (χ4n) is 2.12. The lowest BCUT2D eigenvalue weighted by molar-refractivity contribution is 0.620. The second-order valence-corrected chi connectivity index (χ2v) is 4.62. The minimum absolute atomic E-state index is 0.0138. The van der Waals surface area contributed by atoms with Gasteiger partial charge in [-0.05, 0) is 54.8 Å². The van der Waals surface area contributed by atoms with Gasteiger partial charge in [-0.15, -0.1) is 0 Å². The van der Waals surface area contributed by atoms with E-state index in [1.165, 1.54) is 24.3 Å². The lowest BCUT2D eigenvalue weighted by Crippen LogP contribution is -2.10. The summed E-state index contributed by atoms with van der Waals surface area (Å²) in [5, 5.41) is 3.33. The van der Waals surface area contributed by atoms with Crippen LogP contribution in [0, 0.1) is 18.6 Å². The summed E-state index contributed by atoms with van der Waals surface area (Å²) >= 11 is 0. The molecule has 1 unspecified atom stereocenters. The third-order valence-corrected chi connectivity index (χ3v) is 3.18. The van der Waals surface area contributed by atoms with Crippen LogP contribution in [-0.4, -0.2) is 0 Å². The quantitative estimate of drug-likeness (QED) is 0.830. The lowest BCUT2D eigenvalue weighted by Gasteiger charge is -2.20. The first-order valence-electron chi connectivity index (χ1n) is 6.38. The zero-order valence-electron chi connectivity index (χ0n) is 11.1. The number of hydrogen-bond donors (Lipinski definition) is 1. The molecule has 0 radical (unpaired) electrons. The highest BCUT2D eigenvalue weighted by Crippen LogP contribution is 2.25. The van der Waals surface area contributed by atoms with E-state index < -0.39 is 0 Å². The molecule has 0 aromatic heterocycles. The summed E-state index contributed by atoms with van der Waals surface area (Å²) in [6.45, 7) is 3.88. The third-order valence-electron chi connectivity index (χ3n) is 3.18. The Bertz CT molecular complexity index is 566. The minimum atomic E-state index is -0.248. The summed E-state index contributed by atoms with van der Waals surface area (Å²) < 4.78 is 26.3. The van der Waals surface area contributed by atoms with Gasteiger partial charge in [0.1, 0.15) is 11.6 Å². The molecule has 1 nitrogen and oxygen atoms in total. The average Bonchev–Trinajstić information content (AvgIpc) is 2.38. The molecule has 1 atom stereocenters. The first kappa shape index (κ1) is 13.5. The lowest BCUT2D eigenvalue weighted by atomic mass is 10.0. The first-order chi connectivity index (χ1) is 9.10. The molecule has 100 valence electrons. The van der Waals surface area contributed by atoms with Crippen LogP contribution in [0.3, 0.4) is 0 Å². The molecule has 0 heterocycles. The van der Waals surface area contributed by atoms with Gasteiger partial charge in [0.2, 0.25) is 0 Å². The molecule has 2 aromatic rings. The Morgan fingerprint density at radius 3 is 2.42 bits per heavy atom. The van der Waals surface area contributed by atoms with Crippen LogP contribution in [0.15, 0.2) is 42.5 Å². The largest absolute Gasteiger partial charge is 0.378 e. The van der Waals surface area contributed by atoms with Crippen LogP contribution in [0.25, 0.3) is 0 Å². The van der Waals surface area contributed by atoms with E-state index in [0.29, 0.717) is 0 Å². The van der Waals surface area contributed by atoms with Crippen molar-refractivity contribution >= 4 is 5.69 Å². The predicted molar refractivity (Wildman–Crippen MR) is 74.2 cm³/mol. The number of aryl methyl sites for hydroxylation is 1. The molecule has 3 heteroatoms. The number of halogens is 2. The molecule has 0 fully saturated rings. The molecule has 0 spiro atoms. The normalized spacial score (nSPS) is 12.2. The summed E-state index contributed by atoms with van der Waals surface area (Å²) in [4.78, 5) is 0. The topological polar surface area (TPSA) is 12.0 Å². The van der Waals surface area contributed by atoms with Crippen LogP contribution < -0.4 is 5.32 Å². The van der Waals surface area contributed by atoms with Gasteiger partial charge in [-0.3, -0.25) is 0 Å². The molecular weight excluding hydrogens is 244 g/mol.